The summed E-state index contributed by atoms with van der Waals surface area (Å²) in [5.41, 5.74) is 2.27. The molecule has 0 bridgehead atoms. The summed E-state index contributed by atoms with van der Waals surface area (Å²) in [6.45, 7) is 3.77. The van der Waals surface area contributed by atoms with Gasteiger partial charge in [0.1, 0.15) is 5.82 Å². The molecule has 26 heavy (non-hydrogen) atoms. The molecule has 3 aromatic rings. The monoisotopic (exact) mass is 370 g/mol. The van der Waals surface area contributed by atoms with Crippen LogP contribution in [0.1, 0.15) is 12.5 Å². The molecule has 2 aromatic carbocycles. The van der Waals surface area contributed by atoms with Crippen LogP contribution in [0.5, 0.6) is 0 Å². The summed E-state index contributed by atoms with van der Waals surface area (Å²) in [5, 5.41) is 11.2. The van der Waals surface area contributed by atoms with Crippen molar-refractivity contribution in [3.05, 3.63) is 59.9 Å². The van der Waals surface area contributed by atoms with Crippen LogP contribution in [0.25, 0.3) is 11.4 Å². The molecule has 0 aliphatic rings. The summed E-state index contributed by atoms with van der Waals surface area (Å²) < 4.78 is 15.5. The van der Waals surface area contributed by atoms with E-state index in [9.17, 15) is 9.18 Å². The van der Waals surface area contributed by atoms with Crippen LogP contribution in [0.3, 0.4) is 0 Å². The molecule has 0 spiro atoms. The quantitative estimate of drug-likeness (QED) is 0.689. The maximum absolute atomic E-state index is 13.7. The van der Waals surface area contributed by atoms with Crippen LogP contribution in [-0.4, -0.2) is 25.9 Å². The minimum absolute atomic E-state index is 0.170. The van der Waals surface area contributed by atoms with Gasteiger partial charge >= 0.3 is 0 Å². The second-order valence-corrected chi connectivity index (χ2v) is 7.22. The number of aryl methyl sites for hydroxylation is 1. The number of nitrogens with one attached hydrogen (secondary N) is 1. The summed E-state index contributed by atoms with van der Waals surface area (Å²) >= 11 is 1.28. The molecule has 0 saturated carbocycles. The van der Waals surface area contributed by atoms with Crippen molar-refractivity contribution >= 4 is 23.4 Å². The summed E-state index contributed by atoms with van der Waals surface area (Å²) in [5.74, 6) is -0.00796. The second kappa shape index (κ2) is 7.70. The average molecular weight is 370 g/mol. The van der Waals surface area contributed by atoms with Gasteiger partial charge in [0.2, 0.25) is 5.91 Å². The van der Waals surface area contributed by atoms with E-state index in [0.29, 0.717) is 5.16 Å². The number of carbonyl (C=O) groups is 1. The van der Waals surface area contributed by atoms with E-state index in [0.717, 1.165) is 17.0 Å². The van der Waals surface area contributed by atoms with Gasteiger partial charge in [-0.25, -0.2) is 4.39 Å². The number of benzene rings is 2. The van der Waals surface area contributed by atoms with Crippen molar-refractivity contribution in [2.24, 2.45) is 7.05 Å². The number of halogens is 1. The average Bonchev–Trinajstić information content (AvgIpc) is 2.98. The highest BCUT2D eigenvalue weighted by Crippen LogP contribution is 2.27. The number of hydrogen-bond acceptors (Lipinski definition) is 4. The van der Waals surface area contributed by atoms with Gasteiger partial charge < -0.3 is 9.88 Å². The predicted molar refractivity (Wildman–Crippen MR) is 102 cm³/mol. The highest BCUT2D eigenvalue weighted by atomic mass is 32.2. The van der Waals surface area contributed by atoms with Crippen molar-refractivity contribution in [3.63, 3.8) is 0 Å². The zero-order chi connectivity index (χ0) is 18.7. The number of para-hydroxylation sites is 1. The van der Waals surface area contributed by atoms with Gasteiger partial charge in [0.05, 0.1) is 10.9 Å². The lowest BCUT2D eigenvalue weighted by Crippen LogP contribution is -2.23. The molecule has 3 rings (SSSR count). The van der Waals surface area contributed by atoms with Crippen molar-refractivity contribution in [2.75, 3.05) is 5.32 Å². The lowest BCUT2D eigenvalue weighted by Gasteiger charge is -2.12. The number of hydrogen-bond donors (Lipinski definition) is 1. The molecule has 0 radical (unpaired) electrons. The van der Waals surface area contributed by atoms with Gasteiger partial charge in [0, 0.05) is 12.6 Å². The zero-order valence-electron chi connectivity index (χ0n) is 14.7. The van der Waals surface area contributed by atoms with E-state index in [1.165, 1.54) is 23.9 Å². The van der Waals surface area contributed by atoms with Crippen molar-refractivity contribution < 1.29 is 9.18 Å². The van der Waals surface area contributed by atoms with Gasteiger partial charge in [0.25, 0.3) is 0 Å². The number of thioether (sulfide) groups is 1. The fourth-order valence-electron chi connectivity index (χ4n) is 2.48. The van der Waals surface area contributed by atoms with Crippen molar-refractivity contribution in [1.82, 2.24) is 14.8 Å². The molecule has 1 N–H and O–H groups in total. The van der Waals surface area contributed by atoms with E-state index >= 15 is 0 Å². The maximum Gasteiger partial charge on any atom is 0.237 e. The molecule has 1 aromatic heterocycles. The smallest absolute Gasteiger partial charge is 0.237 e. The van der Waals surface area contributed by atoms with E-state index < -0.39 is 11.1 Å². The molecule has 5 nitrogen and oxygen atoms in total. The Kier molecular flexibility index (Phi) is 5.37. The Morgan fingerprint density at radius 1 is 1.15 bits per heavy atom. The zero-order valence-corrected chi connectivity index (χ0v) is 15.5. The lowest BCUT2D eigenvalue weighted by molar-refractivity contribution is -0.115. The summed E-state index contributed by atoms with van der Waals surface area (Å²) in [6.07, 6.45) is 0. The Bertz CT molecular complexity index is 941. The molecular formula is C19H19FN4OS. The van der Waals surface area contributed by atoms with Gasteiger partial charge in [-0.3, -0.25) is 4.79 Å². The second-order valence-electron chi connectivity index (χ2n) is 5.91. The minimum Gasteiger partial charge on any atom is -0.323 e. The fourth-order valence-corrected chi connectivity index (χ4v) is 3.30. The highest BCUT2D eigenvalue weighted by Gasteiger charge is 2.20. The van der Waals surface area contributed by atoms with Gasteiger partial charge in [-0.05, 0) is 31.5 Å². The molecule has 1 unspecified atom stereocenters. The largest absolute Gasteiger partial charge is 0.323 e. The van der Waals surface area contributed by atoms with Gasteiger partial charge in [-0.15, -0.1) is 10.2 Å². The van der Waals surface area contributed by atoms with Crippen molar-refractivity contribution in [3.8, 4) is 11.4 Å². The number of anilines is 1. The SMILES string of the molecule is Cc1ccccc1-c1nnc(SC(C)C(=O)Nc2ccccc2F)n1C. The molecule has 0 aliphatic heterocycles. The molecule has 7 heteroatoms. The van der Waals surface area contributed by atoms with E-state index in [1.807, 2.05) is 42.8 Å². The fraction of sp³-hybridized carbons (Fsp3) is 0.211. The first-order chi connectivity index (χ1) is 12.5. The van der Waals surface area contributed by atoms with Crippen molar-refractivity contribution in [2.45, 2.75) is 24.3 Å². The normalized spacial score (nSPS) is 12.0. The molecular weight excluding hydrogens is 351 g/mol. The summed E-state index contributed by atoms with van der Waals surface area (Å²) in [4.78, 5) is 12.4. The number of nitrogens with zero attached hydrogens (tertiary/aromatic N) is 3. The van der Waals surface area contributed by atoms with Crippen LogP contribution in [0.2, 0.25) is 0 Å². The lowest BCUT2D eigenvalue weighted by atomic mass is 10.1. The maximum atomic E-state index is 13.7. The van der Waals surface area contributed by atoms with E-state index in [4.69, 9.17) is 0 Å². The third kappa shape index (κ3) is 3.77. The standard InChI is InChI=1S/C19H19FN4OS/c1-12-8-4-5-9-14(12)17-22-23-19(24(17)3)26-13(2)18(25)21-16-11-7-6-10-15(16)20/h4-11,13H,1-3H3,(H,21,25). The van der Waals surface area contributed by atoms with Gasteiger partial charge in [-0.2, -0.15) is 0 Å². The molecule has 134 valence electrons. The predicted octanol–water partition coefficient (Wildman–Crippen LogP) is 4.05. The van der Waals surface area contributed by atoms with Crippen LogP contribution >= 0.6 is 11.8 Å². The first-order valence-electron chi connectivity index (χ1n) is 8.15. The molecule has 0 saturated heterocycles. The topological polar surface area (TPSA) is 59.8 Å². The Balaban J connectivity index is 1.74. The third-order valence-corrected chi connectivity index (χ3v) is 5.14. The first-order valence-corrected chi connectivity index (χ1v) is 9.02. The Morgan fingerprint density at radius 2 is 1.85 bits per heavy atom. The molecule has 1 atom stereocenters. The molecule has 1 heterocycles. The van der Waals surface area contributed by atoms with Gasteiger partial charge in [0.15, 0.2) is 11.0 Å². The number of carbonyl (C=O) groups excluding carboxylic acids is 1. The summed E-state index contributed by atoms with van der Waals surface area (Å²) in [6, 6.07) is 14.0. The van der Waals surface area contributed by atoms with Crippen LogP contribution in [-0.2, 0) is 11.8 Å². The van der Waals surface area contributed by atoms with Crippen LogP contribution < -0.4 is 5.32 Å². The molecule has 0 aliphatic carbocycles. The van der Waals surface area contributed by atoms with E-state index in [2.05, 4.69) is 15.5 Å². The van der Waals surface area contributed by atoms with Crippen molar-refractivity contribution in [1.29, 1.82) is 0 Å². The van der Waals surface area contributed by atoms with E-state index in [1.54, 1.807) is 19.1 Å². The Hall–Kier alpha value is -2.67. The molecule has 1 amide bonds. The van der Waals surface area contributed by atoms with Gasteiger partial charge in [-0.1, -0.05) is 48.2 Å². The summed E-state index contributed by atoms with van der Waals surface area (Å²) in [7, 11) is 1.87. The molecule has 0 fully saturated rings. The third-order valence-electron chi connectivity index (χ3n) is 4.00. The first kappa shape index (κ1) is 18.1. The Morgan fingerprint density at radius 3 is 2.58 bits per heavy atom. The van der Waals surface area contributed by atoms with Crippen LogP contribution in [0.4, 0.5) is 10.1 Å². The van der Waals surface area contributed by atoms with Crippen LogP contribution in [0, 0.1) is 12.7 Å². The number of amides is 1. The number of rotatable bonds is 5. The number of aromatic nitrogens is 3. The minimum atomic E-state index is -0.460. The van der Waals surface area contributed by atoms with Crippen LogP contribution in [0.15, 0.2) is 53.7 Å². The highest BCUT2D eigenvalue weighted by molar-refractivity contribution is 8.00. The Labute approximate surface area is 155 Å². The van der Waals surface area contributed by atoms with E-state index in [-0.39, 0.29) is 11.6 Å².